The third-order valence-electron chi connectivity index (χ3n) is 4.27. The van der Waals surface area contributed by atoms with Gasteiger partial charge in [0.25, 0.3) is 0 Å². The highest BCUT2D eigenvalue weighted by molar-refractivity contribution is 5.85. The van der Waals surface area contributed by atoms with E-state index in [0.29, 0.717) is 6.79 Å². The molecule has 3 aromatic rings. The van der Waals surface area contributed by atoms with E-state index in [4.69, 9.17) is 9.47 Å². The number of nitrogens with one attached hydrogen (secondary N) is 1. The molecule has 120 valence electrons. The van der Waals surface area contributed by atoms with Crippen LogP contribution in [0.5, 0.6) is 11.5 Å². The molecule has 0 spiro atoms. The number of H-pyrrole nitrogens is 1. The van der Waals surface area contributed by atoms with Crippen molar-refractivity contribution in [1.29, 1.82) is 0 Å². The normalized spacial score (nSPS) is 12.3. The van der Waals surface area contributed by atoms with Crippen LogP contribution in [0.2, 0.25) is 0 Å². The van der Waals surface area contributed by atoms with Crippen LogP contribution in [-0.2, 0) is 12.8 Å². The molecule has 0 bridgehead atoms. The number of hydrogen-bond acceptors (Lipinski definition) is 2. The second kappa shape index (κ2) is 6.97. The number of fused-ring (bicyclic) bond motifs is 2. The van der Waals surface area contributed by atoms with E-state index in [0.717, 1.165) is 24.3 Å². The van der Waals surface area contributed by atoms with Crippen LogP contribution in [0, 0.1) is 0 Å². The van der Waals surface area contributed by atoms with Crippen molar-refractivity contribution in [2.45, 2.75) is 25.7 Å². The lowest BCUT2D eigenvalue weighted by atomic mass is 10.0. The van der Waals surface area contributed by atoms with E-state index in [1.165, 1.54) is 34.9 Å². The third kappa shape index (κ3) is 3.30. The topological polar surface area (TPSA) is 34.2 Å². The summed E-state index contributed by atoms with van der Waals surface area (Å²) in [5, 5.41) is 1.35. The highest BCUT2D eigenvalue weighted by Gasteiger charge is 2.12. The van der Waals surface area contributed by atoms with Crippen LogP contribution in [0.3, 0.4) is 0 Å². The van der Waals surface area contributed by atoms with Crippen LogP contribution in [0.1, 0.15) is 24.0 Å². The third-order valence-corrected chi connectivity index (χ3v) is 4.27. The van der Waals surface area contributed by atoms with Gasteiger partial charge >= 0.3 is 0 Å². The fraction of sp³-hybridized carbons (Fsp3) is 0.263. The summed E-state index contributed by atoms with van der Waals surface area (Å²) < 4.78 is 10.8. The van der Waals surface area contributed by atoms with E-state index in [1.54, 1.807) is 0 Å². The monoisotopic (exact) mass is 329 g/mol. The molecule has 2 heterocycles. The van der Waals surface area contributed by atoms with E-state index >= 15 is 0 Å². The van der Waals surface area contributed by atoms with Crippen molar-refractivity contribution >= 4 is 23.3 Å². The molecule has 0 radical (unpaired) electrons. The van der Waals surface area contributed by atoms with Gasteiger partial charge in [0.1, 0.15) is 0 Å². The number of hydrogen-bond donors (Lipinski definition) is 1. The Kier molecular flexibility index (Phi) is 4.77. The molecule has 4 rings (SSSR count). The average molecular weight is 330 g/mol. The lowest BCUT2D eigenvalue weighted by Crippen LogP contribution is -1.93. The molecule has 1 aliphatic rings. The van der Waals surface area contributed by atoms with Crippen molar-refractivity contribution in [3.8, 4) is 11.5 Å². The van der Waals surface area contributed by atoms with Crippen LogP contribution >= 0.6 is 12.4 Å². The predicted molar refractivity (Wildman–Crippen MR) is 94.8 cm³/mol. The standard InChI is InChI=1S/C19H19NO2.ClH/c1(5-14-9-10-18-19(11-14)22-13-21-18)2-6-15-12-20-17-8-4-3-7-16(15)17;/h3-4,7-12,20H,1-2,5-6,13H2;1H. The Balaban J connectivity index is 0.00000156. The molecule has 1 aliphatic heterocycles. The lowest BCUT2D eigenvalue weighted by molar-refractivity contribution is 0.174. The fourth-order valence-corrected chi connectivity index (χ4v) is 3.08. The molecule has 0 atom stereocenters. The molecular formula is C19H20ClNO2. The number of aromatic amines is 1. The van der Waals surface area contributed by atoms with Gasteiger partial charge in [-0.2, -0.15) is 0 Å². The summed E-state index contributed by atoms with van der Waals surface area (Å²) in [4.78, 5) is 3.34. The van der Waals surface area contributed by atoms with Gasteiger partial charge in [-0.25, -0.2) is 0 Å². The molecule has 0 aliphatic carbocycles. The van der Waals surface area contributed by atoms with Crippen LogP contribution in [0.25, 0.3) is 10.9 Å². The molecule has 0 saturated heterocycles. The zero-order chi connectivity index (χ0) is 14.8. The van der Waals surface area contributed by atoms with E-state index < -0.39 is 0 Å². The second-order valence-electron chi connectivity index (χ2n) is 5.75. The van der Waals surface area contributed by atoms with Gasteiger partial charge in [0.05, 0.1) is 0 Å². The van der Waals surface area contributed by atoms with Crippen LogP contribution < -0.4 is 9.47 Å². The summed E-state index contributed by atoms with van der Waals surface area (Å²) in [6.07, 6.45) is 6.72. The van der Waals surface area contributed by atoms with Gasteiger partial charge in [-0.1, -0.05) is 24.3 Å². The molecule has 0 amide bonds. The van der Waals surface area contributed by atoms with Crippen molar-refractivity contribution in [2.75, 3.05) is 6.79 Å². The van der Waals surface area contributed by atoms with Crippen LogP contribution in [-0.4, -0.2) is 11.8 Å². The van der Waals surface area contributed by atoms with Gasteiger partial charge < -0.3 is 14.5 Å². The lowest BCUT2D eigenvalue weighted by Gasteiger charge is -2.03. The second-order valence-corrected chi connectivity index (χ2v) is 5.75. The number of aryl methyl sites for hydroxylation is 2. The first-order chi connectivity index (χ1) is 10.9. The van der Waals surface area contributed by atoms with Crippen molar-refractivity contribution in [3.05, 3.63) is 59.8 Å². The summed E-state index contributed by atoms with van der Waals surface area (Å²) in [6.45, 7) is 0.347. The number of unbranched alkanes of at least 4 members (excludes halogenated alkanes) is 1. The maximum atomic E-state index is 5.43. The van der Waals surface area contributed by atoms with Crippen molar-refractivity contribution in [3.63, 3.8) is 0 Å². The van der Waals surface area contributed by atoms with Crippen molar-refractivity contribution < 1.29 is 9.47 Å². The van der Waals surface area contributed by atoms with Gasteiger partial charge in [-0.3, -0.25) is 0 Å². The number of para-hydroxylation sites is 1. The zero-order valence-electron chi connectivity index (χ0n) is 12.9. The summed E-state index contributed by atoms with van der Waals surface area (Å²) in [6, 6.07) is 14.8. The number of ether oxygens (including phenoxy) is 2. The molecule has 0 fully saturated rings. The number of benzene rings is 2. The van der Waals surface area contributed by atoms with E-state index in [9.17, 15) is 0 Å². The smallest absolute Gasteiger partial charge is 0.231 e. The van der Waals surface area contributed by atoms with Crippen LogP contribution in [0.4, 0.5) is 0 Å². The van der Waals surface area contributed by atoms with Gasteiger partial charge in [0.2, 0.25) is 6.79 Å². The maximum absolute atomic E-state index is 5.43. The fourth-order valence-electron chi connectivity index (χ4n) is 3.08. The van der Waals surface area contributed by atoms with E-state index in [1.807, 2.05) is 6.07 Å². The predicted octanol–water partition coefficient (Wildman–Crippen LogP) is 4.88. The maximum Gasteiger partial charge on any atom is 0.231 e. The largest absolute Gasteiger partial charge is 0.454 e. The van der Waals surface area contributed by atoms with Gasteiger partial charge in [0, 0.05) is 17.1 Å². The van der Waals surface area contributed by atoms with Gasteiger partial charge in [-0.05, 0) is 55.0 Å². The first-order valence-corrected chi connectivity index (χ1v) is 7.84. The summed E-state index contributed by atoms with van der Waals surface area (Å²) in [5.41, 5.74) is 3.97. The summed E-state index contributed by atoms with van der Waals surface area (Å²) in [7, 11) is 0. The number of rotatable bonds is 5. The highest BCUT2D eigenvalue weighted by Crippen LogP contribution is 2.32. The molecule has 0 saturated carbocycles. The quantitative estimate of drug-likeness (QED) is 0.677. The Hall–Kier alpha value is -2.13. The Morgan fingerprint density at radius 1 is 0.913 bits per heavy atom. The molecular weight excluding hydrogens is 310 g/mol. The van der Waals surface area contributed by atoms with Gasteiger partial charge in [-0.15, -0.1) is 12.4 Å². The first-order valence-electron chi connectivity index (χ1n) is 7.84. The minimum atomic E-state index is 0. The Labute approximate surface area is 142 Å². The Morgan fingerprint density at radius 2 is 1.74 bits per heavy atom. The molecule has 3 nitrogen and oxygen atoms in total. The average Bonchev–Trinajstić information content (AvgIpc) is 3.18. The van der Waals surface area contributed by atoms with E-state index in [2.05, 4.69) is 47.6 Å². The molecule has 23 heavy (non-hydrogen) atoms. The van der Waals surface area contributed by atoms with Gasteiger partial charge in [0.15, 0.2) is 11.5 Å². The van der Waals surface area contributed by atoms with Crippen molar-refractivity contribution in [2.24, 2.45) is 0 Å². The molecule has 2 aromatic carbocycles. The number of halogens is 1. The minimum absolute atomic E-state index is 0. The summed E-state index contributed by atoms with van der Waals surface area (Å²) >= 11 is 0. The Morgan fingerprint density at radius 3 is 2.70 bits per heavy atom. The molecule has 1 aromatic heterocycles. The SMILES string of the molecule is Cl.c1ccc2c(CCCCc3ccc4c(c3)OCO4)c[nH]c2c1. The van der Waals surface area contributed by atoms with E-state index in [-0.39, 0.29) is 12.4 Å². The zero-order valence-corrected chi connectivity index (χ0v) is 13.7. The van der Waals surface area contributed by atoms with Crippen LogP contribution in [0.15, 0.2) is 48.7 Å². The Bertz CT molecular complexity index is 797. The highest BCUT2D eigenvalue weighted by atomic mass is 35.5. The molecule has 4 heteroatoms. The first kappa shape index (κ1) is 15.8. The molecule has 0 unspecified atom stereocenters. The summed E-state index contributed by atoms with van der Waals surface area (Å²) in [5.74, 6) is 1.75. The van der Waals surface area contributed by atoms with Crippen molar-refractivity contribution in [1.82, 2.24) is 4.98 Å². The molecule has 1 N–H and O–H groups in total. The number of aromatic nitrogens is 1. The minimum Gasteiger partial charge on any atom is -0.454 e.